The molecule has 0 saturated carbocycles. The summed E-state index contributed by atoms with van der Waals surface area (Å²) in [4.78, 5) is 10.9. The fraction of sp³-hybridized carbons (Fsp3) is 0.696. The van der Waals surface area contributed by atoms with Crippen LogP contribution in [0.4, 0.5) is 10.5 Å². The van der Waals surface area contributed by atoms with Gasteiger partial charge in [0.25, 0.3) is 0 Å². The molecule has 1 aromatic carbocycles. The fourth-order valence-corrected chi connectivity index (χ4v) is 3.47. The molecule has 1 rings (SSSR count). The SMILES string of the molecule is CCCCCCCCCCCCCCCCc1cccc(NC(N)=O)c1. The van der Waals surface area contributed by atoms with Gasteiger partial charge in [-0.3, -0.25) is 0 Å². The van der Waals surface area contributed by atoms with Crippen molar-refractivity contribution in [3.8, 4) is 0 Å². The number of rotatable bonds is 16. The molecule has 1 aromatic rings. The molecule has 0 aliphatic rings. The topological polar surface area (TPSA) is 55.1 Å². The van der Waals surface area contributed by atoms with Crippen LogP contribution in [0.3, 0.4) is 0 Å². The number of unbranched alkanes of at least 4 members (excludes halogenated alkanes) is 13. The number of carbonyl (C=O) groups excluding carboxylic acids is 1. The first-order valence-corrected chi connectivity index (χ1v) is 10.9. The standard InChI is InChI=1S/C23H40N2O/c1-2-3-4-5-6-7-8-9-10-11-12-13-14-15-17-21-18-16-19-22(20-21)25-23(24)26/h16,18-20H,2-15,17H2,1H3,(H3,24,25,26). The summed E-state index contributed by atoms with van der Waals surface area (Å²) < 4.78 is 0. The molecular formula is C23H40N2O. The van der Waals surface area contributed by atoms with E-state index >= 15 is 0 Å². The van der Waals surface area contributed by atoms with Crippen LogP contribution in [0.2, 0.25) is 0 Å². The number of carbonyl (C=O) groups is 1. The Bertz CT molecular complexity index is 473. The molecule has 0 bridgehead atoms. The van der Waals surface area contributed by atoms with Gasteiger partial charge < -0.3 is 11.1 Å². The number of urea groups is 1. The lowest BCUT2D eigenvalue weighted by molar-refractivity contribution is 0.259. The molecule has 3 heteroatoms. The third kappa shape index (κ3) is 12.8. The molecule has 0 atom stereocenters. The van der Waals surface area contributed by atoms with Crippen LogP contribution in [0.15, 0.2) is 24.3 Å². The summed E-state index contributed by atoms with van der Waals surface area (Å²) in [5, 5.41) is 2.64. The number of nitrogens with two attached hydrogens (primary N) is 1. The Kier molecular flexibility index (Phi) is 13.6. The normalized spacial score (nSPS) is 10.8. The van der Waals surface area contributed by atoms with E-state index in [0.717, 1.165) is 12.1 Å². The van der Waals surface area contributed by atoms with Crippen molar-refractivity contribution in [1.29, 1.82) is 0 Å². The van der Waals surface area contributed by atoms with Crippen LogP contribution in [0.5, 0.6) is 0 Å². The van der Waals surface area contributed by atoms with Crippen molar-refractivity contribution in [2.75, 3.05) is 5.32 Å². The quantitative estimate of drug-likeness (QED) is 0.301. The third-order valence-corrected chi connectivity index (χ3v) is 5.01. The highest BCUT2D eigenvalue weighted by molar-refractivity contribution is 5.87. The maximum absolute atomic E-state index is 10.9. The number of aryl methyl sites for hydroxylation is 1. The van der Waals surface area contributed by atoms with Gasteiger partial charge in [-0.05, 0) is 30.5 Å². The first-order chi connectivity index (χ1) is 12.7. The van der Waals surface area contributed by atoms with Crippen LogP contribution in [0, 0.1) is 0 Å². The highest BCUT2D eigenvalue weighted by Gasteiger charge is 1.99. The predicted octanol–water partition coefficient (Wildman–Crippen LogP) is 7.20. The summed E-state index contributed by atoms with van der Waals surface area (Å²) in [6.07, 6.45) is 20.5. The van der Waals surface area contributed by atoms with E-state index in [2.05, 4.69) is 18.3 Å². The zero-order valence-corrected chi connectivity index (χ0v) is 16.9. The minimum Gasteiger partial charge on any atom is -0.351 e. The summed E-state index contributed by atoms with van der Waals surface area (Å²) in [6.45, 7) is 2.28. The molecule has 0 unspecified atom stereocenters. The second-order valence-electron chi connectivity index (χ2n) is 7.54. The average molecular weight is 361 g/mol. The van der Waals surface area contributed by atoms with E-state index in [1.807, 2.05) is 18.2 Å². The van der Waals surface area contributed by atoms with Gasteiger partial charge in [0.15, 0.2) is 0 Å². The monoisotopic (exact) mass is 360 g/mol. The Morgan fingerprint density at radius 2 is 1.31 bits per heavy atom. The zero-order chi connectivity index (χ0) is 18.9. The van der Waals surface area contributed by atoms with Crippen molar-refractivity contribution in [1.82, 2.24) is 0 Å². The van der Waals surface area contributed by atoms with Crippen molar-refractivity contribution in [2.45, 2.75) is 103 Å². The zero-order valence-electron chi connectivity index (χ0n) is 16.9. The Balaban J connectivity index is 1.90. The second kappa shape index (κ2) is 15.7. The Labute approximate surface area is 161 Å². The van der Waals surface area contributed by atoms with Gasteiger partial charge in [0, 0.05) is 5.69 Å². The first kappa shape index (κ1) is 22.5. The molecular weight excluding hydrogens is 320 g/mol. The van der Waals surface area contributed by atoms with Crippen LogP contribution in [-0.2, 0) is 6.42 Å². The molecule has 0 aromatic heterocycles. The summed E-state index contributed by atoms with van der Waals surface area (Å²) in [7, 11) is 0. The lowest BCUT2D eigenvalue weighted by atomic mass is 10.0. The third-order valence-electron chi connectivity index (χ3n) is 5.01. The predicted molar refractivity (Wildman–Crippen MR) is 114 cm³/mol. The fourth-order valence-electron chi connectivity index (χ4n) is 3.47. The van der Waals surface area contributed by atoms with Gasteiger partial charge in [-0.2, -0.15) is 0 Å². The van der Waals surface area contributed by atoms with E-state index in [1.54, 1.807) is 0 Å². The minimum atomic E-state index is -0.501. The molecule has 148 valence electrons. The maximum atomic E-state index is 10.9. The van der Waals surface area contributed by atoms with E-state index in [4.69, 9.17) is 5.73 Å². The molecule has 0 aliphatic heterocycles. The van der Waals surface area contributed by atoms with Gasteiger partial charge in [0.05, 0.1) is 0 Å². The van der Waals surface area contributed by atoms with Crippen LogP contribution in [0.25, 0.3) is 0 Å². The highest BCUT2D eigenvalue weighted by Crippen LogP contribution is 2.15. The summed E-state index contributed by atoms with van der Waals surface area (Å²) >= 11 is 0. The number of hydrogen-bond acceptors (Lipinski definition) is 1. The lowest BCUT2D eigenvalue weighted by Gasteiger charge is -2.06. The van der Waals surface area contributed by atoms with E-state index in [0.29, 0.717) is 0 Å². The molecule has 3 N–H and O–H groups in total. The number of anilines is 1. The molecule has 0 heterocycles. The molecule has 3 nitrogen and oxygen atoms in total. The smallest absolute Gasteiger partial charge is 0.316 e. The van der Waals surface area contributed by atoms with Gasteiger partial charge in [-0.25, -0.2) is 4.79 Å². The summed E-state index contributed by atoms with van der Waals surface area (Å²) in [5.74, 6) is 0. The van der Waals surface area contributed by atoms with Crippen molar-refractivity contribution in [2.24, 2.45) is 5.73 Å². The molecule has 2 amide bonds. The molecule has 0 spiro atoms. The van der Waals surface area contributed by atoms with Crippen LogP contribution in [-0.4, -0.2) is 6.03 Å². The van der Waals surface area contributed by atoms with Crippen LogP contribution in [0.1, 0.15) is 102 Å². The highest BCUT2D eigenvalue weighted by atomic mass is 16.2. The number of amides is 2. The number of benzene rings is 1. The van der Waals surface area contributed by atoms with E-state index < -0.39 is 6.03 Å². The van der Waals surface area contributed by atoms with Crippen molar-refractivity contribution >= 4 is 11.7 Å². The Morgan fingerprint density at radius 3 is 1.81 bits per heavy atom. The largest absolute Gasteiger partial charge is 0.351 e. The summed E-state index contributed by atoms with van der Waals surface area (Å²) in [5.41, 5.74) is 7.22. The molecule has 0 aliphatic carbocycles. The maximum Gasteiger partial charge on any atom is 0.316 e. The van der Waals surface area contributed by atoms with Crippen molar-refractivity contribution in [3.63, 3.8) is 0 Å². The number of hydrogen-bond donors (Lipinski definition) is 2. The average Bonchev–Trinajstić information content (AvgIpc) is 2.62. The first-order valence-electron chi connectivity index (χ1n) is 10.9. The summed E-state index contributed by atoms with van der Waals surface area (Å²) in [6, 6.07) is 7.49. The van der Waals surface area contributed by atoms with Crippen molar-refractivity contribution in [3.05, 3.63) is 29.8 Å². The van der Waals surface area contributed by atoms with Crippen LogP contribution >= 0.6 is 0 Å². The lowest BCUT2D eigenvalue weighted by Crippen LogP contribution is -2.19. The van der Waals surface area contributed by atoms with Crippen LogP contribution < -0.4 is 11.1 Å². The van der Waals surface area contributed by atoms with E-state index in [-0.39, 0.29) is 0 Å². The van der Waals surface area contributed by atoms with Gasteiger partial charge in [-0.1, -0.05) is 103 Å². The van der Waals surface area contributed by atoms with Gasteiger partial charge in [0.1, 0.15) is 0 Å². The molecule has 0 radical (unpaired) electrons. The molecule has 26 heavy (non-hydrogen) atoms. The Morgan fingerprint density at radius 1 is 0.808 bits per heavy atom. The van der Waals surface area contributed by atoms with E-state index in [9.17, 15) is 4.79 Å². The Hall–Kier alpha value is -1.51. The van der Waals surface area contributed by atoms with Gasteiger partial charge >= 0.3 is 6.03 Å². The van der Waals surface area contributed by atoms with Crippen molar-refractivity contribution < 1.29 is 4.79 Å². The molecule has 0 fully saturated rings. The van der Waals surface area contributed by atoms with Gasteiger partial charge in [-0.15, -0.1) is 0 Å². The van der Waals surface area contributed by atoms with Gasteiger partial charge in [0.2, 0.25) is 0 Å². The number of primary amides is 1. The number of nitrogens with one attached hydrogen (secondary N) is 1. The van der Waals surface area contributed by atoms with E-state index in [1.165, 1.54) is 95.5 Å². The minimum absolute atomic E-state index is 0.501. The molecule has 0 saturated heterocycles. The second-order valence-corrected chi connectivity index (χ2v) is 7.54.